The lowest BCUT2D eigenvalue weighted by molar-refractivity contribution is 0.0978. The van der Waals surface area contributed by atoms with Crippen molar-refractivity contribution in [3.05, 3.63) is 93.8 Å². The van der Waals surface area contributed by atoms with E-state index in [1.165, 1.54) is 0 Å². The maximum absolute atomic E-state index is 14.8. The Morgan fingerprint density at radius 1 is 1.06 bits per heavy atom. The SMILES string of the molecule is CS(=O)(=O)NC(=O)c1cc(Cl)c(-n2cc(Cl)c3ccc(OCc4ccccc4)cc32)cc1F. The summed E-state index contributed by atoms with van der Waals surface area (Å²) in [6.45, 7) is 0.361. The number of hydrogen-bond donors (Lipinski definition) is 1. The molecule has 0 radical (unpaired) electrons. The molecule has 0 saturated carbocycles. The Balaban J connectivity index is 1.71. The number of carbonyl (C=O) groups is 1. The van der Waals surface area contributed by atoms with E-state index in [9.17, 15) is 17.6 Å². The molecule has 0 bridgehead atoms. The summed E-state index contributed by atoms with van der Waals surface area (Å²) in [5.74, 6) is -1.48. The summed E-state index contributed by atoms with van der Waals surface area (Å²) < 4.78 is 46.5. The van der Waals surface area contributed by atoms with Crippen LogP contribution in [0.2, 0.25) is 10.0 Å². The molecule has 0 aliphatic rings. The second-order valence-corrected chi connectivity index (χ2v) is 9.85. The quantitative estimate of drug-likeness (QED) is 0.382. The van der Waals surface area contributed by atoms with Crippen molar-refractivity contribution >= 4 is 50.0 Å². The first kappa shape index (κ1) is 23.1. The van der Waals surface area contributed by atoms with Crippen LogP contribution in [0.15, 0.2) is 66.9 Å². The van der Waals surface area contributed by atoms with Crippen LogP contribution in [-0.4, -0.2) is 25.1 Å². The third kappa shape index (κ3) is 5.13. The molecule has 10 heteroatoms. The topological polar surface area (TPSA) is 77.4 Å². The van der Waals surface area contributed by atoms with Gasteiger partial charge in [0.2, 0.25) is 10.0 Å². The van der Waals surface area contributed by atoms with Gasteiger partial charge in [0, 0.05) is 23.7 Å². The van der Waals surface area contributed by atoms with E-state index in [1.54, 1.807) is 33.7 Å². The Labute approximate surface area is 199 Å². The van der Waals surface area contributed by atoms with Gasteiger partial charge in [0.1, 0.15) is 18.2 Å². The van der Waals surface area contributed by atoms with E-state index in [1.807, 2.05) is 30.3 Å². The second-order valence-electron chi connectivity index (χ2n) is 7.29. The Morgan fingerprint density at radius 3 is 2.48 bits per heavy atom. The zero-order valence-electron chi connectivity index (χ0n) is 17.2. The molecule has 6 nitrogen and oxygen atoms in total. The van der Waals surface area contributed by atoms with Gasteiger partial charge in [0.15, 0.2) is 0 Å². The van der Waals surface area contributed by atoms with Crippen molar-refractivity contribution in [2.24, 2.45) is 0 Å². The van der Waals surface area contributed by atoms with Gasteiger partial charge in [-0.2, -0.15) is 0 Å². The van der Waals surface area contributed by atoms with Crippen molar-refractivity contribution in [2.75, 3.05) is 6.26 Å². The number of fused-ring (bicyclic) bond motifs is 1. The highest BCUT2D eigenvalue weighted by atomic mass is 35.5. The van der Waals surface area contributed by atoms with Crippen LogP contribution in [0.5, 0.6) is 5.75 Å². The van der Waals surface area contributed by atoms with Crippen molar-refractivity contribution in [3.8, 4) is 11.4 Å². The lowest BCUT2D eigenvalue weighted by atomic mass is 10.1. The Hall–Kier alpha value is -3.07. The average molecular weight is 507 g/mol. The van der Waals surface area contributed by atoms with Crippen LogP contribution >= 0.6 is 23.2 Å². The normalized spacial score (nSPS) is 11.5. The number of nitrogens with zero attached hydrogens (tertiary/aromatic N) is 1. The fourth-order valence-corrected chi connectivity index (χ4v) is 4.27. The van der Waals surface area contributed by atoms with Crippen molar-refractivity contribution in [3.63, 3.8) is 0 Å². The lowest BCUT2D eigenvalue weighted by Crippen LogP contribution is -2.30. The lowest BCUT2D eigenvalue weighted by Gasteiger charge is -2.12. The number of aromatic nitrogens is 1. The zero-order chi connectivity index (χ0) is 23.8. The van der Waals surface area contributed by atoms with Gasteiger partial charge in [-0.3, -0.25) is 4.79 Å². The first-order valence-corrected chi connectivity index (χ1v) is 12.3. The third-order valence-corrected chi connectivity index (χ3v) is 5.96. The van der Waals surface area contributed by atoms with Crippen LogP contribution in [0.3, 0.4) is 0 Å². The predicted molar refractivity (Wildman–Crippen MR) is 126 cm³/mol. The van der Waals surface area contributed by atoms with Crippen LogP contribution in [0.25, 0.3) is 16.6 Å². The number of halogens is 3. The summed E-state index contributed by atoms with van der Waals surface area (Å²) in [6, 6.07) is 17.1. The number of hydrogen-bond acceptors (Lipinski definition) is 4. The molecule has 3 aromatic carbocycles. The van der Waals surface area contributed by atoms with Gasteiger partial charge >= 0.3 is 0 Å². The van der Waals surface area contributed by atoms with Gasteiger partial charge in [0.25, 0.3) is 5.91 Å². The fraction of sp³-hybridized carbons (Fsp3) is 0.0870. The highest BCUT2D eigenvalue weighted by molar-refractivity contribution is 7.89. The van der Waals surface area contributed by atoms with Crippen molar-refractivity contribution in [1.82, 2.24) is 9.29 Å². The van der Waals surface area contributed by atoms with Gasteiger partial charge in [0.05, 0.1) is 33.1 Å². The number of ether oxygens (including phenoxy) is 1. The highest BCUT2D eigenvalue weighted by Crippen LogP contribution is 2.34. The number of benzene rings is 3. The van der Waals surface area contributed by atoms with Gasteiger partial charge in [-0.15, -0.1) is 0 Å². The van der Waals surface area contributed by atoms with Crippen LogP contribution in [0.1, 0.15) is 15.9 Å². The van der Waals surface area contributed by atoms with Crippen molar-refractivity contribution in [2.45, 2.75) is 6.61 Å². The van der Waals surface area contributed by atoms with Gasteiger partial charge in [-0.25, -0.2) is 17.5 Å². The summed E-state index contributed by atoms with van der Waals surface area (Å²) in [5.41, 5.74) is 1.34. The molecule has 1 N–H and O–H groups in total. The Morgan fingerprint density at radius 2 is 1.79 bits per heavy atom. The van der Waals surface area contributed by atoms with Crippen molar-refractivity contribution < 1.29 is 22.3 Å². The summed E-state index contributed by atoms with van der Waals surface area (Å²) >= 11 is 12.7. The maximum atomic E-state index is 14.8. The smallest absolute Gasteiger partial charge is 0.267 e. The predicted octanol–water partition coefficient (Wildman–Crippen LogP) is 5.34. The maximum Gasteiger partial charge on any atom is 0.267 e. The molecule has 0 fully saturated rings. The molecular weight excluding hydrogens is 490 g/mol. The minimum Gasteiger partial charge on any atom is -0.489 e. The second kappa shape index (κ2) is 9.05. The summed E-state index contributed by atoms with van der Waals surface area (Å²) in [4.78, 5) is 12.1. The van der Waals surface area contributed by atoms with E-state index >= 15 is 0 Å². The molecule has 0 spiro atoms. The van der Waals surface area contributed by atoms with Gasteiger partial charge < -0.3 is 9.30 Å². The standard InChI is InChI=1S/C23H17Cl2FN2O4S/c1-33(30,31)27-23(29)17-10-18(24)22(11-20(17)26)28-12-19(25)16-8-7-15(9-21(16)28)32-13-14-5-3-2-4-6-14/h2-12H,13H2,1H3,(H,27,29). The number of amides is 1. The monoisotopic (exact) mass is 506 g/mol. The van der Waals surface area contributed by atoms with Crippen LogP contribution in [0, 0.1) is 5.82 Å². The van der Waals surface area contributed by atoms with E-state index in [2.05, 4.69) is 0 Å². The summed E-state index contributed by atoms with van der Waals surface area (Å²) in [7, 11) is -3.87. The minimum absolute atomic E-state index is 0.0271. The highest BCUT2D eigenvalue weighted by Gasteiger charge is 2.20. The molecule has 33 heavy (non-hydrogen) atoms. The van der Waals surface area contributed by atoms with Gasteiger partial charge in [-0.1, -0.05) is 53.5 Å². The van der Waals surface area contributed by atoms with Crippen molar-refractivity contribution in [1.29, 1.82) is 0 Å². The first-order chi connectivity index (χ1) is 15.6. The first-order valence-electron chi connectivity index (χ1n) is 9.61. The molecule has 0 saturated heterocycles. The summed E-state index contributed by atoms with van der Waals surface area (Å²) in [5, 5.41) is 1.13. The zero-order valence-corrected chi connectivity index (χ0v) is 19.5. The number of sulfonamides is 1. The van der Waals surface area contributed by atoms with E-state index in [0.29, 0.717) is 28.3 Å². The average Bonchev–Trinajstić information content (AvgIpc) is 3.08. The molecule has 4 rings (SSSR count). The van der Waals surface area contributed by atoms with E-state index in [4.69, 9.17) is 27.9 Å². The third-order valence-electron chi connectivity index (χ3n) is 4.80. The van der Waals surface area contributed by atoms with E-state index in [-0.39, 0.29) is 10.7 Å². The molecular formula is C23H17Cl2FN2O4S. The van der Waals surface area contributed by atoms with E-state index < -0.39 is 27.3 Å². The molecule has 1 aromatic heterocycles. The molecule has 170 valence electrons. The molecule has 0 unspecified atom stereocenters. The van der Waals surface area contributed by atoms with Crippen LogP contribution in [0.4, 0.5) is 4.39 Å². The molecule has 4 aromatic rings. The number of carbonyl (C=O) groups excluding carboxylic acids is 1. The Bertz CT molecular complexity index is 1470. The van der Waals surface area contributed by atoms with E-state index in [0.717, 1.165) is 24.0 Å². The number of rotatable bonds is 6. The Kier molecular flexibility index (Phi) is 6.34. The molecule has 0 atom stereocenters. The van der Waals surface area contributed by atoms with Crippen LogP contribution in [-0.2, 0) is 16.6 Å². The molecule has 1 amide bonds. The minimum atomic E-state index is -3.87. The van der Waals surface area contributed by atoms with Gasteiger partial charge in [-0.05, 0) is 23.8 Å². The molecule has 1 heterocycles. The largest absolute Gasteiger partial charge is 0.489 e. The number of nitrogens with one attached hydrogen (secondary N) is 1. The molecule has 0 aliphatic heterocycles. The summed E-state index contributed by atoms with van der Waals surface area (Å²) in [6.07, 6.45) is 2.37. The fourth-order valence-electron chi connectivity index (χ4n) is 3.31. The molecule has 0 aliphatic carbocycles. The van der Waals surface area contributed by atoms with Crippen LogP contribution < -0.4 is 9.46 Å².